The molecule has 320 valence electrons. The van der Waals surface area contributed by atoms with Gasteiger partial charge in [0, 0.05) is 34.8 Å². The Morgan fingerprint density at radius 2 is 0.562 bits per heavy atom. The molecule has 0 aliphatic heterocycles. The summed E-state index contributed by atoms with van der Waals surface area (Å²) in [6, 6.07) is 42.5. The smallest absolute Gasteiger partial charge is 0.177 e. The summed E-state index contributed by atoms with van der Waals surface area (Å²) in [4.78, 5) is 20.2. The SMILES string of the molecule is CC(C)(C)c1ccc(-c2nc(C#N)c(C#N)nc2C2C(c3ccc(C(C)(C)C)cc3)C(c3nc(C#N)c(C#N)nc3-c3ccc(C(C)(C)C)cc3)C2c2ccc(C(C)(C)C)cc2)cc1. The van der Waals surface area contributed by atoms with Gasteiger partial charge >= 0.3 is 0 Å². The van der Waals surface area contributed by atoms with E-state index < -0.39 is 11.8 Å². The molecule has 1 saturated carbocycles. The minimum Gasteiger partial charge on any atom is -0.237 e. The van der Waals surface area contributed by atoms with Crippen LogP contribution in [0.5, 0.6) is 0 Å². The molecule has 4 aromatic carbocycles. The summed E-state index contributed by atoms with van der Waals surface area (Å²) in [6.07, 6.45) is 0. The van der Waals surface area contributed by atoms with Crippen LogP contribution in [0.2, 0.25) is 0 Å². The van der Waals surface area contributed by atoms with E-state index in [1.807, 2.05) is 24.3 Å². The van der Waals surface area contributed by atoms with Crippen LogP contribution in [0.4, 0.5) is 0 Å². The van der Waals surface area contributed by atoms with E-state index in [2.05, 4.69) is 180 Å². The lowest BCUT2D eigenvalue weighted by atomic mass is 9.50. The highest BCUT2D eigenvalue weighted by Crippen LogP contribution is 2.67. The van der Waals surface area contributed by atoms with Crippen molar-refractivity contribution in [1.29, 1.82) is 21.0 Å². The number of hydrogen-bond donors (Lipinski definition) is 0. The molecule has 0 bridgehead atoms. The quantitative estimate of drug-likeness (QED) is 0.161. The van der Waals surface area contributed by atoms with Gasteiger partial charge in [0.2, 0.25) is 0 Å². The zero-order valence-corrected chi connectivity index (χ0v) is 39.1. The van der Waals surface area contributed by atoms with E-state index >= 15 is 0 Å². The van der Waals surface area contributed by atoms with Crippen molar-refractivity contribution < 1.29 is 0 Å². The Balaban J connectivity index is 1.58. The first kappa shape index (κ1) is 45.0. The lowest BCUT2D eigenvalue weighted by Gasteiger charge is -2.53. The second-order valence-corrected chi connectivity index (χ2v) is 21.3. The van der Waals surface area contributed by atoms with Crippen LogP contribution in [-0.4, -0.2) is 19.9 Å². The number of aromatic nitrogens is 4. The average Bonchev–Trinajstić information content (AvgIpc) is 3.25. The van der Waals surface area contributed by atoms with E-state index in [-0.39, 0.29) is 56.3 Å². The Bertz CT molecular complexity index is 2680. The fraction of sp³-hybridized carbons (Fsp3) is 0.357. The Morgan fingerprint density at radius 3 is 0.797 bits per heavy atom. The van der Waals surface area contributed by atoms with Gasteiger partial charge in [-0.15, -0.1) is 0 Å². The summed E-state index contributed by atoms with van der Waals surface area (Å²) >= 11 is 0. The second-order valence-electron chi connectivity index (χ2n) is 21.3. The van der Waals surface area contributed by atoms with E-state index in [4.69, 9.17) is 19.9 Å². The van der Waals surface area contributed by atoms with Crippen molar-refractivity contribution >= 4 is 0 Å². The average molecular weight is 841 g/mol. The van der Waals surface area contributed by atoms with Crippen LogP contribution in [-0.2, 0) is 21.7 Å². The maximum atomic E-state index is 10.5. The van der Waals surface area contributed by atoms with Crippen LogP contribution in [0.25, 0.3) is 22.5 Å². The molecule has 2 aromatic heterocycles. The molecule has 64 heavy (non-hydrogen) atoms. The molecule has 0 atom stereocenters. The number of rotatable bonds is 6. The van der Waals surface area contributed by atoms with Gasteiger partial charge in [0.15, 0.2) is 22.8 Å². The van der Waals surface area contributed by atoms with E-state index in [9.17, 15) is 21.0 Å². The molecule has 1 fully saturated rings. The number of benzene rings is 4. The highest BCUT2D eigenvalue weighted by Gasteiger charge is 2.56. The summed E-state index contributed by atoms with van der Waals surface area (Å²) in [5.41, 5.74) is 9.97. The molecule has 0 radical (unpaired) electrons. The normalized spacial score (nSPS) is 17.6. The third-order valence-corrected chi connectivity index (χ3v) is 12.8. The van der Waals surface area contributed by atoms with Crippen molar-refractivity contribution in [2.45, 2.75) is 128 Å². The topological polar surface area (TPSA) is 147 Å². The lowest BCUT2D eigenvalue weighted by Crippen LogP contribution is -2.42. The van der Waals surface area contributed by atoms with Crippen molar-refractivity contribution in [2.75, 3.05) is 0 Å². The van der Waals surface area contributed by atoms with Gasteiger partial charge < -0.3 is 0 Å². The van der Waals surface area contributed by atoms with Crippen LogP contribution >= 0.6 is 0 Å². The second kappa shape index (κ2) is 16.6. The monoisotopic (exact) mass is 840 g/mol. The van der Waals surface area contributed by atoms with Gasteiger partial charge in [0.25, 0.3) is 0 Å². The fourth-order valence-corrected chi connectivity index (χ4v) is 9.02. The zero-order chi connectivity index (χ0) is 46.5. The Morgan fingerprint density at radius 1 is 0.328 bits per heavy atom. The molecule has 0 N–H and O–H groups in total. The third-order valence-electron chi connectivity index (χ3n) is 12.8. The van der Waals surface area contributed by atoms with E-state index in [0.29, 0.717) is 22.8 Å². The van der Waals surface area contributed by atoms with E-state index in [1.54, 1.807) is 0 Å². The van der Waals surface area contributed by atoms with Gasteiger partial charge in [-0.25, -0.2) is 19.9 Å². The first-order valence-electron chi connectivity index (χ1n) is 22.0. The molecule has 0 saturated heterocycles. The zero-order valence-electron chi connectivity index (χ0n) is 39.1. The maximum Gasteiger partial charge on any atom is 0.177 e. The third kappa shape index (κ3) is 8.54. The Kier molecular flexibility index (Phi) is 11.7. The van der Waals surface area contributed by atoms with Crippen molar-refractivity contribution in [2.24, 2.45) is 0 Å². The van der Waals surface area contributed by atoms with Gasteiger partial charge in [-0.3, -0.25) is 0 Å². The first-order valence-corrected chi connectivity index (χ1v) is 22.0. The van der Waals surface area contributed by atoms with Gasteiger partial charge in [0.05, 0.1) is 22.8 Å². The predicted molar refractivity (Wildman–Crippen MR) is 252 cm³/mol. The number of hydrogen-bond acceptors (Lipinski definition) is 8. The predicted octanol–water partition coefficient (Wildman–Crippen LogP) is 12.7. The van der Waals surface area contributed by atoms with Gasteiger partial charge in [-0.05, 0) is 55.0 Å². The summed E-state index contributed by atoms with van der Waals surface area (Å²) in [7, 11) is 0. The molecular weight excluding hydrogens is 785 g/mol. The van der Waals surface area contributed by atoms with Crippen molar-refractivity contribution in [3.63, 3.8) is 0 Å². The van der Waals surface area contributed by atoms with Crippen LogP contribution < -0.4 is 0 Å². The molecule has 8 heteroatoms. The van der Waals surface area contributed by atoms with Crippen molar-refractivity contribution in [3.8, 4) is 46.8 Å². The number of nitriles is 4. The first-order chi connectivity index (χ1) is 30.1. The lowest BCUT2D eigenvalue weighted by molar-refractivity contribution is 0.220. The van der Waals surface area contributed by atoms with E-state index in [0.717, 1.165) is 33.4 Å². The summed E-state index contributed by atoms with van der Waals surface area (Å²) < 4.78 is 0. The molecule has 1 aliphatic rings. The molecule has 8 nitrogen and oxygen atoms in total. The minimum atomic E-state index is -0.394. The van der Waals surface area contributed by atoms with Gasteiger partial charge in [0.1, 0.15) is 24.3 Å². The molecule has 7 rings (SSSR count). The van der Waals surface area contributed by atoms with Crippen molar-refractivity contribution in [3.05, 3.63) is 165 Å². The summed E-state index contributed by atoms with van der Waals surface area (Å²) in [5, 5.41) is 41.7. The largest absolute Gasteiger partial charge is 0.237 e. The molecule has 2 heterocycles. The number of nitrogens with zero attached hydrogens (tertiary/aromatic N) is 8. The van der Waals surface area contributed by atoms with Crippen LogP contribution in [0.3, 0.4) is 0 Å². The van der Waals surface area contributed by atoms with Gasteiger partial charge in [-0.1, -0.05) is 180 Å². The Labute approximate surface area is 379 Å². The standard InChI is InChI=1S/C56H56N8/c1-53(2,3)37-21-13-33(14-22-37)45-47(51-49(61-41(29-57)43(31-59)63-51)35-17-25-39(26-18-35)55(7,8)9)46(34-15-23-38(24-16-34)54(4,5)6)48(45)52-50(62-42(30-58)44(32-60)64-52)36-19-27-40(28-20-36)56(10,11)12/h13-28,45-48H,1-12H3. The highest BCUT2D eigenvalue weighted by molar-refractivity contribution is 5.70. The van der Waals surface area contributed by atoms with Crippen LogP contribution in [0, 0.1) is 45.3 Å². The molecule has 0 amide bonds. The molecule has 1 aliphatic carbocycles. The minimum absolute atomic E-state index is 0.0354. The van der Waals surface area contributed by atoms with Crippen LogP contribution in [0.15, 0.2) is 97.1 Å². The van der Waals surface area contributed by atoms with Crippen LogP contribution in [0.1, 0.15) is 174 Å². The summed E-state index contributed by atoms with van der Waals surface area (Å²) in [6.45, 7) is 26.1. The van der Waals surface area contributed by atoms with Crippen molar-refractivity contribution in [1.82, 2.24) is 19.9 Å². The van der Waals surface area contributed by atoms with Gasteiger partial charge in [-0.2, -0.15) is 21.0 Å². The molecule has 0 spiro atoms. The molecular formula is C56H56N8. The highest BCUT2D eigenvalue weighted by atomic mass is 14.9. The molecule has 6 aromatic rings. The molecule has 0 unspecified atom stereocenters. The Hall–Kier alpha value is -7.00. The fourth-order valence-electron chi connectivity index (χ4n) is 9.02. The van der Waals surface area contributed by atoms with E-state index in [1.165, 1.54) is 11.1 Å². The summed E-state index contributed by atoms with van der Waals surface area (Å²) in [5.74, 6) is -1.45. The maximum absolute atomic E-state index is 10.5.